The molecule has 2 heterocycles. The molecule has 0 fully saturated rings. The van der Waals surface area contributed by atoms with E-state index in [4.69, 9.17) is 4.42 Å². The molecule has 146 valence electrons. The standard InChI is InChI=1S/C20H21FN4O2S/c1-4-11-25-19(17-6-5-12-27-17)22-23-20(25)28-13-18(26)24(3)14(2)15-7-9-16(21)10-8-15/h4-10,12,14H,1,11,13H2,2-3H3. The first-order valence-corrected chi connectivity index (χ1v) is 9.71. The largest absolute Gasteiger partial charge is 0.461 e. The van der Waals surface area contributed by atoms with Crippen LogP contribution in [0.1, 0.15) is 18.5 Å². The summed E-state index contributed by atoms with van der Waals surface area (Å²) in [7, 11) is 1.74. The van der Waals surface area contributed by atoms with Crippen LogP contribution >= 0.6 is 11.8 Å². The first-order chi connectivity index (χ1) is 13.5. The van der Waals surface area contributed by atoms with Crippen LogP contribution in [-0.2, 0) is 11.3 Å². The van der Waals surface area contributed by atoms with Crippen molar-refractivity contribution in [1.29, 1.82) is 0 Å². The van der Waals surface area contributed by atoms with Crippen LogP contribution in [0.2, 0.25) is 0 Å². The van der Waals surface area contributed by atoms with Crippen molar-refractivity contribution >= 4 is 17.7 Å². The summed E-state index contributed by atoms with van der Waals surface area (Å²) in [6.45, 7) is 6.18. The maximum atomic E-state index is 13.1. The van der Waals surface area contributed by atoms with E-state index in [0.29, 0.717) is 23.3 Å². The van der Waals surface area contributed by atoms with E-state index in [-0.39, 0.29) is 23.5 Å². The van der Waals surface area contributed by atoms with E-state index in [0.717, 1.165) is 5.56 Å². The minimum atomic E-state index is -0.297. The molecule has 1 unspecified atom stereocenters. The predicted octanol–water partition coefficient (Wildman–Crippen LogP) is 4.17. The average Bonchev–Trinajstić information content (AvgIpc) is 3.36. The third-order valence-corrected chi connectivity index (χ3v) is 5.37. The molecular formula is C20H21FN4O2S. The van der Waals surface area contributed by atoms with Crippen molar-refractivity contribution in [3.05, 3.63) is 66.7 Å². The Labute approximate surface area is 167 Å². The number of rotatable bonds is 8. The Morgan fingerprint density at radius 2 is 2.11 bits per heavy atom. The maximum absolute atomic E-state index is 13.1. The number of halogens is 1. The van der Waals surface area contributed by atoms with Gasteiger partial charge in [0.2, 0.25) is 11.7 Å². The number of furan rings is 1. The lowest BCUT2D eigenvalue weighted by atomic mass is 10.1. The van der Waals surface area contributed by atoms with Crippen LogP contribution < -0.4 is 0 Å². The van der Waals surface area contributed by atoms with Gasteiger partial charge in [0.15, 0.2) is 10.9 Å². The summed E-state index contributed by atoms with van der Waals surface area (Å²) in [4.78, 5) is 14.3. The maximum Gasteiger partial charge on any atom is 0.233 e. The van der Waals surface area contributed by atoms with Gasteiger partial charge in [-0.15, -0.1) is 16.8 Å². The minimum Gasteiger partial charge on any atom is -0.461 e. The van der Waals surface area contributed by atoms with Gasteiger partial charge in [-0.1, -0.05) is 30.0 Å². The molecule has 0 aliphatic carbocycles. The second kappa shape index (κ2) is 8.88. The van der Waals surface area contributed by atoms with Crippen LogP contribution in [-0.4, -0.2) is 38.4 Å². The molecule has 0 radical (unpaired) electrons. The lowest BCUT2D eigenvalue weighted by Gasteiger charge is -2.25. The van der Waals surface area contributed by atoms with Gasteiger partial charge in [0.25, 0.3) is 0 Å². The molecule has 6 nitrogen and oxygen atoms in total. The summed E-state index contributed by atoms with van der Waals surface area (Å²) < 4.78 is 20.4. The van der Waals surface area contributed by atoms with E-state index in [1.54, 1.807) is 48.6 Å². The van der Waals surface area contributed by atoms with E-state index in [1.165, 1.54) is 23.9 Å². The molecule has 0 bridgehead atoms. The lowest BCUT2D eigenvalue weighted by Crippen LogP contribution is -2.31. The number of carbonyl (C=O) groups excluding carboxylic acids is 1. The average molecular weight is 400 g/mol. The van der Waals surface area contributed by atoms with Crippen molar-refractivity contribution in [3.8, 4) is 11.6 Å². The molecule has 3 aromatic rings. The van der Waals surface area contributed by atoms with Gasteiger partial charge in [-0.25, -0.2) is 4.39 Å². The van der Waals surface area contributed by atoms with Gasteiger partial charge < -0.3 is 9.32 Å². The second-order valence-electron chi connectivity index (χ2n) is 6.20. The normalized spacial score (nSPS) is 12.0. The van der Waals surface area contributed by atoms with Gasteiger partial charge >= 0.3 is 0 Å². The number of hydrogen-bond acceptors (Lipinski definition) is 5. The van der Waals surface area contributed by atoms with E-state index < -0.39 is 0 Å². The molecule has 8 heteroatoms. The number of nitrogens with zero attached hydrogens (tertiary/aromatic N) is 4. The highest BCUT2D eigenvalue weighted by Crippen LogP contribution is 2.26. The quantitative estimate of drug-likeness (QED) is 0.419. The topological polar surface area (TPSA) is 64.2 Å². The third-order valence-electron chi connectivity index (χ3n) is 4.42. The number of aromatic nitrogens is 3. The van der Waals surface area contributed by atoms with Gasteiger partial charge in [-0.05, 0) is 36.8 Å². The van der Waals surface area contributed by atoms with Crippen LogP contribution in [0.25, 0.3) is 11.6 Å². The minimum absolute atomic E-state index is 0.0606. The van der Waals surface area contributed by atoms with Gasteiger partial charge in [0.1, 0.15) is 5.82 Å². The van der Waals surface area contributed by atoms with Crippen LogP contribution in [0.15, 0.2) is 64.9 Å². The fourth-order valence-electron chi connectivity index (χ4n) is 2.69. The summed E-state index contributed by atoms with van der Waals surface area (Å²) in [6.07, 6.45) is 3.31. The smallest absolute Gasteiger partial charge is 0.233 e. The Bertz CT molecular complexity index is 938. The first kappa shape index (κ1) is 19.9. The number of allylic oxidation sites excluding steroid dienone is 1. The zero-order valence-corrected chi connectivity index (χ0v) is 16.5. The second-order valence-corrected chi connectivity index (χ2v) is 7.15. The predicted molar refractivity (Wildman–Crippen MR) is 106 cm³/mol. The van der Waals surface area contributed by atoms with Gasteiger partial charge in [-0.2, -0.15) is 0 Å². The van der Waals surface area contributed by atoms with Crippen molar-refractivity contribution in [2.45, 2.75) is 24.7 Å². The number of thioether (sulfide) groups is 1. The van der Waals surface area contributed by atoms with Gasteiger partial charge in [0, 0.05) is 13.6 Å². The van der Waals surface area contributed by atoms with Crippen LogP contribution in [0.4, 0.5) is 4.39 Å². The van der Waals surface area contributed by atoms with Gasteiger partial charge in [0.05, 0.1) is 18.1 Å². The number of benzene rings is 1. The summed E-state index contributed by atoms with van der Waals surface area (Å²) in [5.41, 5.74) is 0.872. The molecule has 0 aliphatic heterocycles. The van der Waals surface area contributed by atoms with E-state index in [2.05, 4.69) is 16.8 Å². The van der Waals surface area contributed by atoms with Crippen molar-refractivity contribution in [2.24, 2.45) is 0 Å². The first-order valence-electron chi connectivity index (χ1n) is 8.73. The monoisotopic (exact) mass is 400 g/mol. The zero-order chi connectivity index (χ0) is 20.1. The Hall–Kier alpha value is -2.87. The highest BCUT2D eigenvalue weighted by Gasteiger charge is 2.20. The number of hydrogen-bond donors (Lipinski definition) is 0. The van der Waals surface area contributed by atoms with Gasteiger partial charge in [-0.3, -0.25) is 9.36 Å². The molecule has 2 aromatic heterocycles. The Morgan fingerprint density at radius 3 is 2.75 bits per heavy atom. The van der Waals surface area contributed by atoms with Crippen molar-refractivity contribution in [2.75, 3.05) is 12.8 Å². The summed E-state index contributed by atoms with van der Waals surface area (Å²) in [6, 6.07) is 9.59. The van der Waals surface area contributed by atoms with Crippen molar-refractivity contribution in [3.63, 3.8) is 0 Å². The molecule has 1 atom stereocenters. The highest BCUT2D eigenvalue weighted by atomic mass is 32.2. The Balaban J connectivity index is 1.68. The lowest BCUT2D eigenvalue weighted by molar-refractivity contribution is -0.128. The molecule has 0 N–H and O–H groups in total. The van der Waals surface area contributed by atoms with Crippen molar-refractivity contribution in [1.82, 2.24) is 19.7 Å². The molecular weight excluding hydrogens is 379 g/mol. The molecule has 0 spiro atoms. The third kappa shape index (κ3) is 4.33. The molecule has 0 saturated heterocycles. The molecule has 1 aromatic carbocycles. The SMILES string of the molecule is C=CCn1c(SCC(=O)N(C)C(C)c2ccc(F)cc2)nnc1-c1ccco1. The molecule has 0 saturated carbocycles. The van der Waals surface area contributed by atoms with Crippen LogP contribution in [0, 0.1) is 5.82 Å². The van der Waals surface area contributed by atoms with E-state index in [1.807, 2.05) is 11.5 Å². The number of carbonyl (C=O) groups is 1. The Kier molecular flexibility index (Phi) is 6.30. The fraction of sp³-hybridized carbons (Fsp3) is 0.250. The number of amides is 1. The summed E-state index contributed by atoms with van der Waals surface area (Å²) in [5, 5.41) is 8.99. The summed E-state index contributed by atoms with van der Waals surface area (Å²) >= 11 is 1.31. The van der Waals surface area contributed by atoms with E-state index >= 15 is 0 Å². The molecule has 1 amide bonds. The molecule has 0 aliphatic rings. The molecule has 3 rings (SSSR count). The zero-order valence-electron chi connectivity index (χ0n) is 15.7. The van der Waals surface area contributed by atoms with Crippen molar-refractivity contribution < 1.29 is 13.6 Å². The molecule has 28 heavy (non-hydrogen) atoms. The van der Waals surface area contributed by atoms with E-state index in [9.17, 15) is 9.18 Å². The Morgan fingerprint density at radius 1 is 1.36 bits per heavy atom. The van der Waals surface area contributed by atoms with Crippen LogP contribution in [0.3, 0.4) is 0 Å². The summed E-state index contributed by atoms with van der Waals surface area (Å²) in [5.74, 6) is 1.04. The van der Waals surface area contributed by atoms with Crippen LogP contribution in [0.5, 0.6) is 0 Å². The highest BCUT2D eigenvalue weighted by molar-refractivity contribution is 7.99. The fourth-order valence-corrected chi connectivity index (χ4v) is 3.56.